The average Bonchev–Trinajstić information content (AvgIpc) is 3.25. The second kappa shape index (κ2) is 45.0. The van der Waals surface area contributed by atoms with Crippen LogP contribution < -0.4 is 0 Å². The van der Waals surface area contributed by atoms with Crippen molar-refractivity contribution in [2.45, 2.75) is 226 Å². The summed E-state index contributed by atoms with van der Waals surface area (Å²) in [5, 5.41) is 9.73. The number of carbonyl (C=O) groups is 3. The molecule has 0 saturated heterocycles. The highest BCUT2D eigenvalue weighted by molar-refractivity contribution is 7.47. The molecule has 0 fully saturated rings. The van der Waals surface area contributed by atoms with Gasteiger partial charge in [0.2, 0.25) is 0 Å². The zero-order valence-corrected chi connectivity index (χ0v) is 40.2. The topological polar surface area (TPSA) is 155 Å². The highest BCUT2D eigenvalue weighted by Gasteiger charge is 2.28. The van der Waals surface area contributed by atoms with E-state index in [1.807, 2.05) is 0 Å². The molecule has 0 radical (unpaired) electrons. The second-order valence-corrected chi connectivity index (χ2v) is 17.7. The number of hydrogen-bond donors (Lipinski definition) is 2. The van der Waals surface area contributed by atoms with Crippen molar-refractivity contribution in [3.8, 4) is 0 Å². The first-order chi connectivity index (χ1) is 30.2. The van der Waals surface area contributed by atoms with Crippen LogP contribution in [0.3, 0.4) is 0 Å². The lowest BCUT2D eigenvalue weighted by Gasteiger charge is -2.21. The van der Waals surface area contributed by atoms with Crippen LogP contribution in [0.4, 0.5) is 0 Å². The molecule has 0 bridgehead atoms. The van der Waals surface area contributed by atoms with Crippen LogP contribution in [0.15, 0.2) is 48.6 Å². The van der Waals surface area contributed by atoms with Crippen LogP contribution in [0.1, 0.15) is 213 Å². The van der Waals surface area contributed by atoms with Crippen molar-refractivity contribution < 1.29 is 52.2 Å². The molecule has 0 aliphatic carbocycles. The molecular formula is C50H89O11P. The Hall–Kier alpha value is -2.56. The summed E-state index contributed by atoms with van der Waals surface area (Å²) >= 11 is 0. The van der Waals surface area contributed by atoms with E-state index in [1.165, 1.54) is 44.9 Å². The Morgan fingerprint density at radius 3 is 1.35 bits per heavy atom. The number of rotatable bonds is 45. The number of phosphoric ester groups is 1. The third kappa shape index (κ3) is 42.7. The molecular weight excluding hydrogens is 808 g/mol. The number of phosphoric acid groups is 1. The minimum atomic E-state index is -4.74. The molecule has 11 nitrogen and oxygen atoms in total. The van der Waals surface area contributed by atoms with E-state index in [-0.39, 0.29) is 25.9 Å². The molecule has 0 aliphatic rings. The fraction of sp³-hybridized carbons (Fsp3) is 0.780. The van der Waals surface area contributed by atoms with Crippen LogP contribution >= 0.6 is 7.82 Å². The first-order valence-electron chi connectivity index (χ1n) is 24.5. The lowest BCUT2D eigenvalue weighted by Crippen LogP contribution is -2.30. The van der Waals surface area contributed by atoms with Gasteiger partial charge < -0.3 is 24.2 Å². The first-order valence-corrected chi connectivity index (χ1v) is 26.0. The lowest BCUT2D eigenvalue weighted by molar-refractivity contribution is -0.161. The highest BCUT2D eigenvalue weighted by atomic mass is 31.2. The molecule has 0 aliphatic heterocycles. The Labute approximate surface area is 377 Å². The fourth-order valence-corrected chi connectivity index (χ4v) is 7.25. The smallest absolute Gasteiger partial charge is 0.462 e. The van der Waals surface area contributed by atoms with Gasteiger partial charge in [-0.2, -0.15) is 0 Å². The van der Waals surface area contributed by atoms with Gasteiger partial charge in [-0.15, -0.1) is 0 Å². The van der Waals surface area contributed by atoms with Crippen molar-refractivity contribution in [3.05, 3.63) is 48.6 Å². The van der Waals surface area contributed by atoms with E-state index in [0.29, 0.717) is 19.3 Å². The summed E-state index contributed by atoms with van der Waals surface area (Å²) in [6.45, 7) is 4.42. The van der Waals surface area contributed by atoms with Gasteiger partial charge in [-0.25, -0.2) is 4.57 Å². The molecule has 360 valence electrons. The zero-order valence-electron chi connectivity index (χ0n) is 39.3. The normalized spacial score (nSPS) is 14.0. The molecule has 62 heavy (non-hydrogen) atoms. The Bertz CT molecular complexity index is 1230. The van der Waals surface area contributed by atoms with Crippen molar-refractivity contribution in [1.82, 2.24) is 0 Å². The molecule has 12 heteroatoms. The number of carbonyl (C=O) groups excluding carboxylic acids is 3. The van der Waals surface area contributed by atoms with Crippen molar-refractivity contribution in [2.75, 3.05) is 26.4 Å². The number of hydrogen-bond acceptors (Lipinski definition) is 10. The van der Waals surface area contributed by atoms with Crippen molar-refractivity contribution in [2.24, 2.45) is 0 Å². The molecule has 0 amide bonds. The van der Waals surface area contributed by atoms with Crippen molar-refractivity contribution in [1.29, 1.82) is 0 Å². The summed E-state index contributed by atoms with van der Waals surface area (Å²) in [7, 11) is -4.74. The van der Waals surface area contributed by atoms with Crippen LogP contribution in [-0.2, 0) is 42.2 Å². The minimum absolute atomic E-state index is 0.149. The van der Waals surface area contributed by atoms with Crippen LogP contribution in [0.2, 0.25) is 0 Å². The summed E-state index contributed by atoms with van der Waals surface area (Å²) in [5.74, 6) is -1.49. The third-order valence-electron chi connectivity index (χ3n) is 10.2. The summed E-state index contributed by atoms with van der Waals surface area (Å²) in [5.41, 5.74) is 0. The monoisotopic (exact) mass is 897 g/mol. The number of allylic oxidation sites excluding steroid dienone is 8. The molecule has 0 rings (SSSR count). The molecule has 2 N–H and O–H groups in total. The number of aliphatic hydroxyl groups excluding tert-OH is 1. The molecule has 0 spiro atoms. The van der Waals surface area contributed by atoms with Crippen LogP contribution in [0.5, 0.6) is 0 Å². The van der Waals surface area contributed by atoms with Gasteiger partial charge in [-0.1, -0.05) is 172 Å². The first kappa shape index (κ1) is 59.4. The predicted molar refractivity (Wildman–Crippen MR) is 252 cm³/mol. The van der Waals surface area contributed by atoms with E-state index < -0.39 is 57.8 Å². The summed E-state index contributed by atoms with van der Waals surface area (Å²) in [6.07, 6.45) is 43.8. The number of ether oxygens (including phenoxy) is 3. The maximum Gasteiger partial charge on any atom is 0.472 e. The summed E-state index contributed by atoms with van der Waals surface area (Å²) < 4.78 is 39.2. The van der Waals surface area contributed by atoms with Crippen LogP contribution in [0, 0.1) is 0 Å². The Morgan fingerprint density at radius 1 is 0.468 bits per heavy atom. The van der Waals surface area contributed by atoms with Gasteiger partial charge in [0.25, 0.3) is 0 Å². The molecule has 0 saturated carbocycles. The maximum atomic E-state index is 12.8. The van der Waals surface area contributed by atoms with E-state index >= 15 is 0 Å². The Morgan fingerprint density at radius 2 is 0.855 bits per heavy atom. The van der Waals surface area contributed by atoms with Gasteiger partial charge >= 0.3 is 25.7 Å². The van der Waals surface area contributed by atoms with Gasteiger partial charge in [0, 0.05) is 19.3 Å². The van der Waals surface area contributed by atoms with Crippen molar-refractivity contribution >= 4 is 25.7 Å². The van der Waals surface area contributed by atoms with Crippen LogP contribution in [-0.4, -0.2) is 66.5 Å². The third-order valence-corrected chi connectivity index (χ3v) is 11.2. The molecule has 0 heterocycles. The fourth-order valence-electron chi connectivity index (χ4n) is 6.47. The Kier molecular flexibility index (Phi) is 43.2. The quantitative estimate of drug-likeness (QED) is 0.0197. The van der Waals surface area contributed by atoms with Gasteiger partial charge in [-0.3, -0.25) is 23.4 Å². The Balaban J connectivity index is 4.75. The molecule has 0 aromatic heterocycles. The van der Waals surface area contributed by atoms with E-state index in [0.717, 1.165) is 109 Å². The second-order valence-electron chi connectivity index (χ2n) is 16.2. The molecule has 3 atom stereocenters. The van der Waals surface area contributed by atoms with Gasteiger partial charge in [-0.05, 0) is 70.6 Å². The summed E-state index contributed by atoms with van der Waals surface area (Å²) in [4.78, 5) is 48.1. The number of esters is 3. The van der Waals surface area contributed by atoms with E-state index in [4.69, 9.17) is 23.3 Å². The highest BCUT2D eigenvalue weighted by Crippen LogP contribution is 2.43. The SMILES string of the molecule is CC/C=C\C/C=C\C/C=C\CCCCCCCC(=O)OC(COC(=O)CCCCCCCCCCC)COP(=O)(O)OCC(CO)OC(=O)CCCCCCC/C=C\CCCC. The average molecular weight is 897 g/mol. The molecule has 3 unspecified atom stereocenters. The van der Waals surface area contributed by atoms with Gasteiger partial charge in [0.15, 0.2) is 6.10 Å². The largest absolute Gasteiger partial charge is 0.472 e. The van der Waals surface area contributed by atoms with Gasteiger partial charge in [0.05, 0.1) is 19.8 Å². The van der Waals surface area contributed by atoms with E-state index in [1.54, 1.807) is 0 Å². The van der Waals surface area contributed by atoms with E-state index in [2.05, 4.69) is 69.4 Å². The number of unbranched alkanes of at least 4 members (excludes halogenated alkanes) is 20. The zero-order chi connectivity index (χ0) is 45.6. The standard InChI is InChI=1S/C50H89O11P/c1-4-7-10-13-16-19-21-22-23-24-26-29-32-35-38-41-50(54)61-47(43-57-48(52)39-36-33-30-27-18-15-12-9-6-3)45-59-62(55,56)58-44-46(42-51)60-49(53)40-37-34-31-28-25-20-17-14-11-8-5-2/h7,10,14,16-17,19,22-23,46-47,51H,4-6,8-9,11-13,15,18,20-21,24-45H2,1-3H3,(H,55,56)/b10-7-,17-14-,19-16-,23-22-. The van der Waals surface area contributed by atoms with Crippen molar-refractivity contribution in [3.63, 3.8) is 0 Å². The van der Waals surface area contributed by atoms with Crippen LogP contribution in [0.25, 0.3) is 0 Å². The maximum absolute atomic E-state index is 12.8. The molecule has 0 aromatic carbocycles. The number of aliphatic hydroxyl groups is 1. The lowest BCUT2D eigenvalue weighted by atomic mass is 10.1. The summed E-state index contributed by atoms with van der Waals surface area (Å²) in [6, 6.07) is 0. The minimum Gasteiger partial charge on any atom is -0.462 e. The molecule has 0 aromatic rings. The van der Waals surface area contributed by atoms with Gasteiger partial charge in [0.1, 0.15) is 12.7 Å². The predicted octanol–water partition coefficient (Wildman–Crippen LogP) is 13.5. The van der Waals surface area contributed by atoms with E-state index in [9.17, 15) is 28.9 Å².